The quantitative estimate of drug-likeness (QED) is 0.615. The third kappa shape index (κ3) is 2.62. The maximum atomic E-state index is 4.22. The highest BCUT2D eigenvalue weighted by Crippen LogP contribution is 2.48. The molecule has 0 unspecified atom stereocenters. The van der Waals surface area contributed by atoms with Gasteiger partial charge in [-0.05, 0) is 30.9 Å². The van der Waals surface area contributed by atoms with E-state index in [9.17, 15) is 0 Å². The smallest absolute Gasteiger partial charge is 0.130 e. The van der Waals surface area contributed by atoms with Gasteiger partial charge in [-0.1, -0.05) is 6.92 Å². The van der Waals surface area contributed by atoms with Crippen molar-refractivity contribution >= 4 is 17.6 Å². The van der Waals surface area contributed by atoms with Gasteiger partial charge in [-0.15, -0.1) is 11.8 Å². The molecular formula is C11H17N3S. The van der Waals surface area contributed by atoms with Gasteiger partial charge < -0.3 is 5.32 Å². The standard InChI is InChI=1S/C11H17N3S/c1-3-11(4-5-11)7-12-9-6-10(15-2)14-8-13-9/h6,8H,3-5,7H2,1-2H3,(H,12,13,14). The fraction of sp³-hybridized carbons (Fsp3) is 0.636. The number of anilines is 1. The predicted molar refractivity (Wildman–Crippen MR) is 64.3 cm³/mol. The average Bonchev–Trinajstić information content (AvgIpc) is 3.07. The Morgan fingerprint density at radius 1 is 1.47 bits per heavy atom. The van der Waals surface area contributed by atoms with Crippen molar-refractivity contribution in [2.24, 2.45) is 5.41 Å². The van der Waals surface area contributed by atoms with Crippen LogP contribution in [0.3, 0.4) is 0 Å². The van der Waals surface area contributed by atoms with Crippen molar-refractivity contribution in [2.45, 2.75) is 31.2 Å². The Labute approximate surface area is 95.1 Å². The van der Waals surface area contributed by atoms with Crippen molar-refractivity contribution in [3.05, 3.63) is 12.4 Å². The van der Waals surface area contributed by atoms with Crippen molar-refractivity contribution < 1.29 is 0 Å². The monoisotopic (exact) mass is 223 g/mol. The van der Waals surface area contributed by atoms with Gasteiger partial charge in [0.2, 0.25) is 0 Å². The fourth-order valence-corrected chi connectivity index (χ4v) is 2.04. The van der Waals surface area contributed by atoms with Crippen LogP contribution in [0, 0.1) is 5.41 Å². The minimum Gasteiger partial charge on any atom is -0.369 e. The molecule has 1 fully saturated rings. The summed E-state index contributed by atoms with van der Waals surface area (Å²) in [6.07, 6.45) is 7.63. The van der Waals surface area contributed by atoms with E-state index in [1.54, 1.807) is 18.1 Å². The zero-order chi connectivity index (χ0) is 10.7. The largest absolute Gasteiger partial charge is 0.369 e. The van der Waals surface area contributed by atoms with Crippen molar-refractivity contribution in [2.75, 3.05) is 18.1 Å². The summed E-state index contributed by atoms with van der Waals surface area (Å²) < 4.78 is 0. The molecule has 0 radical (unpaired) electrons. The molecule has 4 heteroatoms. The van der Waals surface area contributed by atoms with E-state index in [2.05, 4.69) is 22.2 Å². The summed E-state index contributed by atoms with van der Waals surface area (Å²) in [5.41, 5.74) is 0.560. The van der Waals surface area contributed by atoms with Gasteiger partial charge in [0.15, 0.2) is 0 Å². The van der Waals surface area contributed by atoms with Gasteiger partial charge in [0.1, 0.15) is 17.2 Å². The van der Waals surface area contributed by atoms with Crippen LogP contribution in [-0.2, 0) is 0 Å². The highest BCUT2D eigenvalue weighted by Gasteiger charge is 2.40. The van der Waals surface area contributed by atoms with Crippen molar-refractivity contribution in [3.63, 3.8) is 0 Å². The second-order valence-corrected chi connectivity index (χ2v) is 4.98. The Morgan fingerprint density at radius 3 is 2.87 bits per heavy atom. The summed E-state index contributed by atoms with van der Waals surface area (Å²) in [6, 6.07) is 2.01. The third-order valence-corrected chi connectivity index (χ3v) is 3.84. The lowest BCUT2D eigenvalue weighted by atomic mass is 10.0. The summed E-state index contributed by atoms with van der Waals surface area (Å²) in [5.74, 6) is 0.953. The highest BCUT2D eigenvalue weighted by atomic mass is 32.2. The van der Waals surface area contributed by atoms with Gasteiger partial charge in [0.25, 0.3) is 0 Å². The van der Waals surface area contributed by atoms with Crippen LogP contribution in [0.5, 0.6) is 0 Å². The van der Waals surface area contributed by atoms with Crippen LogP contribution in [0.15, 0.2) is 17.4 Å². The first-order chi connectivity index (χ1) is 7.28. The molecule has 1 aliphatic carbocycles. The molecule has 1 aromatic rings. The second kappa shape index (κ2) is 4.39. The van der Waals surface area contributed by atoms with E-state index < -0.39 is 0 Å². The van der Waals surface area contributed by atoms with Crippen LogP contribution in [0.1, 0.15) is 26.2 Å². The van der Waals surface area contributed by atoms with E-state index in [0.29, 0.717) is 5.41 Å². The predicted octanol–water partition coefficient (Wildman–Crippen LogP) is 2.80. The van der Waals surface area contributed by atoms with E-state index >= 15 is 0 Å². The van der Waals surface area contributed by atoms with Crippen molar-refractivity contribution in [3.8, 4) is 0 Å². The number of rotatable bonds is 5. The molecule has 0 amide bonds. The van der Waals surface area contributed by atoms with Gasteiger partial charge >= 0.3 is 0 Å². The Kier molecular flexibility index (Phi) is 3.14. The number of nitrogens with zero attached hydrogens (tertiary/aromatic N) is 2. The van der Waals surface area contributed by atoms with Gasteiger partial charge in [-0.2, -0.15) is 0 Å². The van der Waals surface area contributed by atoms with Crippen LogP contribution in [-0.4, -0.2) is 22.8 Å². The Hall–Kier alpha value is -0.770. The maximum absolute atomic E-state index is 4.22. The first-order valence-electron chi connectivity index (χ1n) is 5.38. The molecule has 1 aliphatic rings. The second-order valence-electron chi connectivity index (χ2n) is 4.15. The molecule has 0 aliphatic heterocycles. The SMILES string of the molecule is CCC1(CNc2cc(SC)ncn2)CC1. The molecule has 1 saturated carbocycles. The molecular weight excluding hydrogens is 206 g/mol. The first kappa shape index (κ1) is 10.7. The van der Waals surface area contributed by atoms with Gasteiger partial charge in [0, 0.05) is 12.6 Å². The zero-order valence-electron chi connectivity index (χ0n) is 9.29. The van der Waals surface area contributed by atoms with Gasteiger partial charge in [-0.3, -0.25) is 0 Å². The summed E-state index contributed by atoms with van der Waals surface area (Å²) >= 11 is 1.65. The average molecular weight is 223 g/mol. The molecule has 0 aromatic carbocycles. The lowest BCUT2D eigenvalue weighted by Crippen LogP contribution is -2.15. The molecule has 0 spiro atoms. The highest BCUT2D eigenvalue weighted by molar-refractivity contribution is 7.98. The number of thioether (sulfide) groups is 1. The first-order valence-corrected chi connectivity index (χ1v) is 6.60. The Morgan fingerprint density at radius 2 is 2.27 bits per heavy atom. The molecule has 3 nitrogen and oxygen atoms in total. The number of aromatic nitrogens is 2. The zero-order valence-corrected chi connectivity index (χ0v) is 10.1. The van der Waals surface area contributed by atoms with E-state index in [1.807, 2.05) is 12.3 Å². The normalized spacial score (nSPS) is 17.5. The summed E-state index contributed by atoms with van der Waals surface area (Å²) in [5, 5.41) is 4.43. The summed E-state index contributed by atoms with van der Waals surface area (Å²) in [7, 11) is 0. The summed E-state index contributed by atoms with van der Waals surface area (Å²) in [4.78, 5) is 8.37. The van der Waals surface area contributed by atoms with Gasteiger partial charge in [0.05, 0.1) is 0 Å². The van der Waals surface area contributed by atoms with Crippen LogP contribution < -0.4 is 5.32 Å². The molecule has 0 bridgehead atoms. The van der Waals surface area contributed by atoms with E-state index in [4.69, 9.17) is 0 Å². The molecule has 15 heavy (non-hydrogen) atoms. The minimum absolute atomic E-state index is 0.560. The molecule has 1 aromatic heterocycles. The van der Waals surface area contributed by atoms with Crippen molar-refractivity contribution in [1.29, 1.82) is 0 Å². The fourth-order valence-electron chi connectivity index (χ4n) is 1.66. The topological polar surface area (TPSA) is 37.8 Å². The van der Waals surface area contributed by atoms with E-state index in [-0.39, 0.29) is 0 Å². The maximum Gasteiger partial charge on any atom is 0.130 e. The Bertz CT molecular complexity index is 336. The van der Waals surface area contributed by atoms with Crippen LogP contribution in [0.2, 0.25) is 0 Å². The molecule has 1 N–H and O–H groups in total. The number of hydrogen-bond acceptors (Lipinski definition) is 4. The van der Waals surface area contributed by atoms with Crippen molar-refractivity contribution in [1.82, 2.24) is 9.97 Å². The Balaban J connectivity index is 1.93. The van der Waals surface area contributed by atoms with E-state index in [1.165, 1.54) is 19.3 Å². The summed E-state index contributed by atoms with van der Waals surface area (Å²) in [6.45, 7) is 3.32. The molecule has 0 saturated heterocycles. The van der Waals surface area contributed by atoms with E-state index in [0.717, 1.165) is 17.4 Å². The lowest BCUT2D eigenvalue weighted by molar-refractivity contribution is 0.520. The molecule has 1 heterocycles. The lowest BCUT2D eigenvalue weighted by Gasteiger charge is -2.13. The molecule has 82 valence electrons. The van der Waals surface area contributed by atoms with Gasteiger partial charge in [-0.25, -0.2) is 9.97 Å². The number of hydrogen-bond donors (Lipinski definition) is 1. The molecule has 2 rings (SSSR count). The number of nitrogens with one attached hydrogen (secondary N) is 1. The van der Waals surface area contributed by atoms with Crippen LogP contribution >= 0.6 is 11.8 Å². The van der Waals surface area contributed by atoms with Crippen LogP contribution in [0.25, 0.3) is 0 Å². The van der Waals surface area contributed by atoms with Crippen LogP contribution in [0.4, 0.5) is 5.82 Å². The third-order valence-electron chi connectivity index (χ3n) is 3.20. The molecule has 0 atom stereocenters. The minimum atomic E-state index is 0.560.